The summed E-state index contributed by atoms with van der Waals surface area (Å²) >= 11 is 6.98. The summed E-state index contributed by atoms with van der Waals surface area (Å²) in [4.78, 5) is 0. The number of benzene rings is 2. The molecule has 0 heterocycles. The molecule has 0 saturated heterocycles. The van der Waals surface area contributed by atoms with Gasteiger partial charge in [-0.25, -0.2) is 0 Å². The molecule has 0 aliphatic carbocycles. The van der Waals surface area contributed by atoms with Crippen LogP contribution in [0.2, 0.25) is 0 Å². The zero-order valence-electron chi connectivity index (χ0n) is 10.4. The summed E-state index contributed by atoms with van der Waals surface area (Å²) in [6.45, 7) is 1.21. The fourth-order valence-corrected chi connectivity index (χ4v) is 2.76. The van der Waals surface area contributed by atoms with Crippen molar-refractivity contribution in [1.29, 1.82) is 0 Å². The fourth-order valence-electron chi connectivity index (χ4n) is 1.77. The zero-order chi connectivity index (χ0) is 13.7. The Labute approximate surface area is 130 Å². The molecule has 0 fully saturated rings. The molecule has 19 heavy (non-hydrogen) atoms. The second-order valence-corrected chi connectivity index (χ2v) is 5.99. The third kappa shape index (κ3) is 4.34. The first kappa shape index (κ1) is 14.6. The second-order valence-electron chi connectivity index (χ2n) is 4.22. The summed E-state index contributed by atoms with van der Waals surface area (Å²) in [6.07, 6.45) is 0.879. The van der Waals surface area contributed by atoms with Crippen molar-refractivity contribution >= 4 is 31.9 Å². The van der Waals surface area contributed by atoms with Gasteiger partial charge in [0.25, 0.3) is 0 Å². The van der Waals surface area contributed by atoms with Gasteiger partial charge in [0.1, 0.15) is 12.4 Å². The summed E-state index contributed by atoms with van der Waals surface area (Å²) in [7, 11) is 0. The lowest BCUT2D eigenvalue weighted by Crippen LogP contribution is -2.03. The van der Waals surface area contributed by atoms with Crippen molar-refractivity contribution in [2.45, 2.75) is 13.0 Å². The highest BCUT2D eigenvalue weighted by atomic mass is 79.9. The van der Waals surface area contributed by atoms with Crippen LogP contribution in [0.3, 0.4) is 0 Å². The van der Waals surface area contributed by atoms with Crippen LogP contribution < -0.4 is 10.5 Å². The first-order valence-electron chi connectivity index (χ1n) is 6.05. The van der Waals surface area contributed by atoms with E-state index in [0.717, 1.165) is 26.7 Å². The minimum atomic E-state index is 0.550. The van der Waals surface area contributed by atoms with Crippen molar-refractivity contribution in [3.63, 3.8) is 0 Å². The van der Waals surface area contributed by atoms with Gasteiger partial charge >= 0.3 is 0 Å². The number of hydrogen-bond acceptors (Lipinski definition) is 2. The van der Waals surface area contributed by atoms with Gasteiger partial charge in [-0.15, -0.1) is 0 Å². The topological polar surface area (TPSA) is 35.2 Å². The molecule has 0 aromatic heterocycles. The molecule has 2 aromatic carbocycles. The number of hydrogen-bond donors (Lipinski definition) is 1. The monoisotopic (exact) mass is 383 g/mol. The third-order valence-electron chi connectivity index (χ3n) is 2.71. The van der Waals surface area contributed by atoms with Gasteiger partial charge in [-0.2, -0.15) is 0 Å². The average molecular weight is 385 g/mol. The van der Waals surface area contributed by atoms with Gasteiger partial charge in [0.2, 0.25) is 0 Å². The molecule has 0 amide bonds. The van der Waals surface area contributed by atoms with E-state index in [1.54, 1.807) is 0 Å². The summed E-state index contributed by atoms with van der Waals surface area (Å²) < 4.78 is 7.84. The van der Waals surface area contributed by atoms with E-state index in [0.29, 0.717) is 13.2 Å². The predicted molar refractivity (Wildman–Crippen MR) is 85.4 cm³/mol. The lowest BCUT2D eigenvalue weighted by molar-refractivity contribution is 0.304. The van der Waals surface area contributed by atoms with Gasteiger partial charge in [0.05, 0.1) is 4.47 Å². The smallest absolute Gasteiger partial charge is 0.134 e. The maximum Gasteiger partial charge on any atom is 0.134 e. The Morgan fingerprint density at radius 3 is 2.53 bits per heavy atom. The van der Waals surface area contributed by atoms with Gasteiger partial charge in [-0.1, -0.05) is 34.1 Å². The Kier molecular flexibility index (Phi) is 5.43. The van der Waals surface area contributed by atoms with Crippen molar-refractivity contribution in [3.8, 4) is 5.75 Å². The molecule has 100 valence electrons. The average Bonchev–Trinajstić information content (AvgIpc) is 2.38. The largest absolute Gasteiger partial charge is 0.488 e. The van der Waals surface area contributed by atoms with Gasteiger partial charge in [-0.05, 0) is 64.3 Å². The molecule has 0 spiro atoms. The van der Waals surface area contributed by atoms with E-state index >= 15 is 0 Å². The first-order chi connectivity index (χ1) is 9.19. The van der Waals surface area contributed by atoms with E-state index in [4.69, 9.17) is 10.5 Å². The Morgan fingerprint density at radius 2 is 1.84 bits per heavy atom. The van der Waals surface area contributed by atoms with Crippen LogP contribution in [0.5, 0.6) is 5.75 Å². The molecular formula is C15H15Br2NO. The van der Waals surface area contributed by atoms with Gasteiger partial charge in [0.15, 0.2) is 0 Å². The molecular weight excluding hydrogens is 370 g/mol. The van der Waals surface area contributed by atoms with Crippen LogP contribution in [0.4, 0.5) is 0 Å². The van der Waals surface area contributed by atoms with Crippen molar-refractivity contribution in [2.75, 3.05) is 6.54 Å². The molecule has 2 rings (SSSR count). The Hall–Kier alpha value is -0.840. The summed E-state index contributed by atoms with van der Waals surface area (Å²) in [5.74, 6) is 0.848. The second kappa shape index (κ2) is 7.08. The molecule has 0 aliphatic heterocycles. The predicted octanol–water partition coefficient (Wildman–Crippen LogP) is 4.29. The molecule has 0 radical (unpaired) electrons. The van der Waals surface area contributed by atoms with Crippen molar-refractivity contribution < 1.29 is 4.74 Å². The molecule has 2 nitrogen and oxygen atoms in total. The summed E-state index contributed by atoms with van der Waals surface area (Å²) in [5.41, 5.74) is 7.89. The molecule has 4 heteroatoms. The van der Waals surface area contributed by atoms with Crippen LogP contribution in [0.25, 0.3) is 0 Å². The van der Waals surface area contributed by atoms with Gasteiger partial charge in [-0.3, -0.25) is 0 Å². The SMILES string of the molecule is NCCc1ccc(OCc2cccc(Br)c2)c(Br)c1. The van der Waals surface area contributed by atoms with Crippen molar-refractivity contribution in [3.05, 3.63) is 62.5 Å². The molecule has 2 N–H and O–H groups in total. The van der Waals surface area contributed by atoms with Crippen molar-refractivity contribution in [2.24, 2.45) is 5.73 Å². The van der Waals surface area contributed by atoms with Crippen LogP contribution in [-0.4, -0.2) is 6.54 Å². The zero-order valence-corrected chi connectivity index (χ0v) is 13.6. The van der Waals surface area contributed by atoms with Crippen LogP contribution >= 0.6 is 31.9 Å². The quantitative estimate of drug-likeness (QED) is 0.834. The first-order valence-corrected chi connectivity index (χ1v) is 7.63. The lowest BCUT2D eigenvalue weighted by Gasteiger charge is -2.10. The standard InChI is InChI=1S/C15H15Br2NO/c16-13-3-1-2-12(8-13)10-19-15-5-4-11(6-7-18)9-14(15)17/h1-5,8-9H,6-7,10,18H2. The highest BCUT2D eigenvalue weighted by molar-refractivity contribution is 9.10. The number of ether oxygens (including phenoxy) is 1. The Balaban J connectivity index is 2.03. The van der Waals surface area contributed by atoms with E-state index in [1.165, 1.54) is 5.56 Å². The normalized spacial score (nSPS) is 10.5. The Bertz CT molecular complexity index is 558. The number of nitrogens with two attached hydrogens (primary N) is 1. The molecule has 0 saturated carbocycles. The van der Waals surface area contributed by atoms with E-state index in [1.807, 2.05) is 30.3 Å². The van der Waals surface area contributed by atoms with Crippen molar-refractivity contribution in [1.82, 2.24) is 0 Å². The van der Waals surface area contributed by atoms with E-state index < -0.39 is 0 Å². The highest BCUT2D eigenvalue weighted by Crippen LogP contribution is 2.27. The van der Waals surface area contributed by atoms with Gasteiger partial charge in [0, 0.05) is 4.47 Å². The minimum absolute atomic E-state index is 0.550. The number of halogens is 2. The molecule has 2 aromatic rings. The summed E-state index contributed by atoms with van der Waals surface area (Å²) in [6, 6.07) is 14.2. The maximum atomic E-state index is 5.81. The molecule has 0 bridgehead atoms. The van der Waals surface area contributed by atoms with Crippen LogP contribution in [0, 0.1) is 0 Å². The van der Waals surface area contributed by atoms with Crippen LogP contribution in [0.1, 0.15) is 11.1 Å². The molecule has 0 unspecified atom stereocenters. The lowest BCUT2D eigenvalue weighted by atomic mass is 10.1. The number of rotatable bonds is 5. The minimum Gasteiger partial charge on any atom is -0.488 e. The third-order valence-corrected chi connectivity index (χ3v) is 3.83. The van der Waals surface area contributed by atoms with Gasteiger partial charge < -0.3 is 10.5 Å². The molecule has 0 aliphatic rings. The summed E-state index contributed by atoms with van der Waals surface area (Å²) in [5, 5.41) is 0. The van der Waals surface area contributed by atoms with Crippen LogP contribution in [-0.2, 0) is 13.0 Å². The highest BCUT2D eigenvalue weighted by Gasteiger charge is 2.03. The van der Waals surface area contributed by atoms with E-state index in [-0.39, 0.29) is 0 Å². The molecule has 0 atom stereocenters. The van der Waals surface area contributed by atoms with Crippen LogP contribution in [0.15, 0.2) is 51.4 Å². The Morgan fingerprint density at radius 1 is 1.00 bits per heavy atom. The van der Waals surface area contributed by atoms with E-state index in [9.17, 15) is 0 Å². The van der Waals surface area contributed by atoms with E-state index in [2.05, 4.69) is 44.0 Å². The fraction of sp³-hybridized carbons (Fsp3) is 0.200. The maximum absolute atomic E-state index is 5.81.